The van der Waals surface area contributed by atoms with Crippen molar-refractivity contribution in [1.29, 1.82) is 0 Å². The van der Waals surface area contributed by atoms with Gasteiger partial charge in [-0.1, -0.05) is 6.07 Å². The zero-order chi connectivity index (χ0) is 16.3. The first kappa shape index (κ1) is 17.0. The molecule has 3 N–H and O–H groups in total. The lowest BCUT2D eigenvalue weighted by atomic mass is 9.75. The number of rotatable bonds is 5. The molecule has 1 aromatic rings. The van der Waals surface area contributed by atoms with Crippen LogP contribution in [0, 0.1) is 0 Å². The third-order valence-electron chi connectivity index (χ3n) is 3.26. The maximum atomic E-state index is 11.8. The van der Waals surface area contributed by atoms with Gasteiger partial charge in [-0.3, -0.25) is 4.79 Å². The summed E-state index contributed by atoms with van der Waals surface area (Å²) in [5.74, 6) is -0.849. The predicted octanol–water partition coefficient (Wildman–Crippen LogP) is 1.50. The molecule has 0 aliphatic carbocycles. The first-order valence-electron chi connectivity index (χ1n) is 6.55. The molecule has 0 radical (unpaired) electrons. The minimum atomic E-state index is -1.15. The number of fused-ring (bicyclic) bond motifs is 1. The van der Waals surface area contributed by atoms with Crippen LogP contribution in [0.5, 0.6) is 5.75 Å². The molecule has 0 aromatic heterocycles. The average molecular weight is 341 g/mol. The van der Waals surface area contributed by atoms with Crippen LogP contribution in [0.1, 0.15) is 22.0 Å². The molecule has 1 amide bonds. The number of carboxylic acid groups (broad SMARTS) is 1. The summed E-state index contributed by atoms with van der Waals surface area (Å²) in [5.41, 5.74) is 0.600. The minimum Gasteiger partial charge on any atom is -0.535 e. The fraction of sp³-hybridized carbons (Fsp3) is 0.385. The van der Waals surface area contributed by atoms with E-state index in [2.05, 4.69) is 5.32 Å². The van der Waals surface area contributed by atoms with Crippen molar-refractivity contribution < 1.29 is 24.4 Å². The summed E-state index contributed by atoms with van der Waals surface area (Å²) in [5, 5.41) is 22.1. The van der Waals surface area contributed by atoms with Crippen LogP contribution in [-0.4, -0.2) is 47.4 Å². The molecule has 22 heavy (non-hydrogen) atoms. The Hall–Kier alpha value is -1.32. The fourth-order valence-corrected chi connectivity index (χ4v) is 3.31. The molecule has 1 heterocycles. The van der Waals surface area contributed by atoms with Crippen molar-refractivity contribution in [2.24, 2.45) is 0 Å². The van der Waals surface area contributed by atoms with Crippen LogP contribution < -0.4 is 9.97 Å². The van der Waals surface area contributed by atoms with Gasteiger partial charge in [-0.15, -0.1) is 11.8 Å². The van der Waals surface area contributed by atoms with Crippen LogP contribution >= 0.6 is 23.5 Å². The molecular formula is C13H16BNO5S2. The van der Waals surface area contributed by atoms with E-state index in [0.29, 0.717) is 16.2 Å². The van der Waals surface area contributed by atoms with Crippen molar-refractivity contribution in [2.75, 3.05) is 18.3 Å². The van der Waals surface area contributed by atoms with Gasteiger partial charge in [0.25, 0.3) is 0 Å². The van der Waals surface area contributed by atoms with Gasteiger partial charge >= 0.3 is 13.1 Å². The number of aromatic carboxylic acids is 1. The molecule has 0 spiro atoms. The first-order valence-corrected chi connectivity index (χ1v) is 9.17. The standard InChI is InChI=1S/C13H16BNO5S2/c1-21-6-10(16)15-8-5-14(19)20-12-7(8)3-4-9(22-2)11(12)13(17)18/h3-4,8,19H,5-6H2,1-2H3,(H,15,16)(H,17,18)/t8-/m1/s1. The lowest BCUT2D eigenvalue weighted by Crippen LogP contribution is -2.39. The van der Waals surface area contributed by atoms with Crippen LogP contribution in [0.25, 0.3) is 0 Å². The van der Waals surface area contributed by atoms with Gasteiger partial charge in [-0.25, -0.2) is 4.79 Å². The Balaban J connectivity index is 2.43. The van der Waals surface area contributed by atoms with E-state index in [1.165, 1.54) is 23.5 Å². The van der Waals surface area contributed by atoms with Crippen molar-refractivity contribution in [2.45, 2.75) is 17.3 Å². The second-order valence-corrected chi connectivity index (χ2v) is 6.44. The van der Waals surface area contributed by atoms with E-state index in [0.717, 1.165) is 0 Å². The van der Waals surface area contributed by atoms with Gasteiger partial charge in [0.2, 0.25) is 5.91 Å². The number of carboxylic acids is 1. The Labute approximate surface area is 137 Å². The maximum absolute atomic E-state index is 11.8. The highest BCUT2D eigenvalue weighted by molar-refractivity contribution is 7.99. The van der Waals surface area contributed by atoms with Crippen LogP contribution in [0.3, 0.4) is 0 Å². The molecular weight excluding hydrogens is 325 g/mol. The molecule has 0 unspecified atom stereocenters. The summed E-state index contributed by atoms with van der Waals surface area (Å²) in [7, 11) is -1.15. The number of thioether (sulfide) groups is 2. The third kappa shape index (κ3) is 3.53. The second kappa shape index (κ2) is 7.30. The van der Waals surface area contributed by atoms with Crippen molar-refractivity contribution in [3.05, 3.63) is 23.3 Å². The summed E-state index contributed by atoms with van der Waals surface area (Å²) in [6.45, 7) is 0. The van der Waals surface area contributed by atoms with Crippen LogP contribution in [0.4, 0.5) is 0 Å². The van der Waals surface area contributed by atoms with E-state index in [1.54, 1.807) is 18.4 Å². The van der Waals surface area contributed by atoms with Crippen molar-refractivity contribution >= 4 is 42.5 Å². The zero-order valence-corrected chi connectivity index (χ0v) is 13.8. The highest BCUT2D eigenvalue weighted by Gasteiger charge is 2.36. The Kier molecular flexibility index (Phi) is 5.66. The fourth-order valence-electron chi connectivity index (χ4n) is 2.37. The smallest absolute Gasteiger partial charge is 0.525 e. The normalized spacial score (nSPS) is 16.7. The molecule has 0 saturated heterocycles. The Bertz CT molecular complexity index is 598. The molecule has 1 aliphatic rings. The Morgan fingerprint density at radius 1 is 1.45 bits per heavy atom. The average Bonchev–Trinajstić information content (AvgIpc) is 2.45. The van der Waals surface area contributed by atoms with E-state index in [4.69, 9.17) is 4.65 Å². The second-order valence-electron chi connectivity index (χ2n) is 4.73. The number of nitrogens with one attached hydrogen (secondary N) is 1. The van der Waals surface area contributed by atoms with Crippen LogP contribution in [0.2, 0.25) is 6.32 Å². The van der Waals surface area contributed by atoms with Crippen LogP contribution in [0.15, 0.2) is 17.0 Å². The molecule has 2 rings (SSSR count). The van der Waals surface area contributed by atoms with E-state index < -0.39 is 19.1 Å². The molecule has 0 saturated carbocycles. The highest BCUT2D eigenvalue weighted by atomic mass is 32.2. The summed E-state index contributed by atoms with van der Waals surface area (Å²) < 4.78 is 5.34. The minimum absolute atomic E-state index is 0.0212. The van der Waals surface area contributed by atoms with E-state index in [-0.39, 0.29) is 23.5 Å². The molecule has 0 fully saturated rings. The summed E-state index contributed by atoms with van der Waals surface area (Å²) in [6.07, 6.45) is 3.77. The SMILES string of the molecule is CSCC(=O)N[C@@H]1CB(O)Oc2c1ccc(SC)c2C(=O)O. The predicted molar refractivity (Wildman–Crippen MR) is 87.9 cm³/mol. The number of benzene rings is 1. The molecule has 118 valence electrons. The van der Waals surface area contributed by atoms with Gasteiger partial charge in [0.05, 0.1) is 11.8 Å². The van der Waals surface area contributed by atoms with Crippen LogP contribution in [-0.2, 0) is 4.79 Å². The molecule has 1 aliphatic heterocycles. The maximum Gasteiger partial charge on any atom is 0.525 e. The molecule has 1 atom stereocenters. The Morgan fingerprint density at radius 2 is 2.18 bits per heavy atom. The number of hydrogen-bond donors (Lipinski definition) is 3. The monoisotopic (exact) mass is 341 g/mol. The largest absolute Gasteiger partial charge is 0.535 e. The highest BCUT2D eigenvalue weighted by Crippen LogP contribution is 2.40. The number of carbonyl (C=O) groups excluding carboxylic acids is 1. The third-order valence-corrected chi connectivity index (χ3v) is 4.59. The zero-order valence-electron chi connectivity index (χ0n) is 12.2. The van der Waals surface area contributed by atoms with Gasteiger partial charge in [0.15, 0.2) is 0 Å². The van der Waals surface area contributed by atoms with E-state index >= 15 is 0 Å². The summed E-state index contributed by atoms with van der Waals surface area (Å²) in [4.78, 5) is 23.9. The number of amides is 1. The Morgan fingerprint density at radius 3 is 2.77 bits per heavy atom. The van der Waals surface area contributed by atoms with Gasteiger partial charge in [-0.05, 0) is 18.6 Å². The van der Waals surface area contributed by atoms with Crippen molar-refractivity contribution in [3.63, 3.8) is 0 Å². The molecule has 0 bridgehead atoms. The van der Waals surface area contributed by atoms with Crippen molar-refractivity contribution in [1.82, 2.24) is 5.32 Å². The van der Waals surface area contributed by atoms with Crippen molar-refractivity contribution in [3.8, 4) is 5.75 Å². The topological polar surface area (TPSA) is 95.9 Å². The van der Waals surface area contributed by atoms with Gasteiger partial charge in [0, 0.05) is 16.8 Å². The van der Waals surface area contributed by atoms with Gasteiger partial charge in [-0.2, -0.15) is 11.8 Å². The first-order chi connectivity index (χ1) is 10.5. The number of carbonyl (C=O) groups is 2. The summed E-state index contributed by atoms with van der Waals surface area (Å²) in [6, 6.07) is 2.97. The molecule has 6 nitrogen and oxygen atoms in total. The van der Waals surface area contributed by atoms with Gasteiger partial charge < -0.3 is 20.1 Å². The summed E-state index contributed by atoms with van der Waals surface area (Å²) >= 11 is 2.68. The van der Waals surface area contributed by atoms with Gasteiger partial charge in [0.1, 0.15) is 11.3 Å². The lowest BCUT2D eigenvalue weighted by molar-refractivity contribution is -0.119. The lowest BCUT2D eigenvalue weighted by Gasteiger charge is -2.29. The van der Waals surface area contributed by atoms with E-state index in [9.17, 15) is 19.7 Å². The van der Waals surface area contributed by atoms with E-state index in [1.807, 2.05) is 6.26 Å². The molecule has 9 heteroatoms. The number of hydrogen-bond acceptors (Lipinski definition) is 6. The quantitative estimate of drug-likeness (QED) is 0.552. The molecule has 1 aromatic carbocycles.